The molecule has 70 valence electrons. The van der Waals surface area contributed by atoms with Gasteiger partial charge in [0.2, 0.25) is 3.79 Å². The average molecular weight is 234 g/mol. The minimum absolute atomic E-state index is 0.385. The predicted molar refractivity (Wildman–Crippen MR) is 43.9 cm³/mol. The molecule has 0 N–H and O–H groups in total. The molecule has 0 aliphatic heterocycles. The van der Waals surface area contributed by atoms with Gasteiger partial charge in [-0.1, -0.05) is 34.8 Å². The van der Waals surface area contributed by atoms with Crippen LogP contribution in [0.1, 0.15) is 6.92 Å². The van der Waals surface area contributed by atoms with Crippen LogP contribution >= 0.6 is 34.8 Å². The number of esters is 1. The van der Waals surface area contributed by atoms with Crippen molar-refractivity contribution >= 4 is 40.8 Å². The van der Waals surface area contributed by atoms with Crippen LogP contribution in [0, 0.1) is 0 Å². The largest absolute Gasteiger partial charge is 0.459 e. The smallest absolute Gasteiger partial charge is 0.337 e. The van der Waals surface area contributed by atoms with Crippen LogP contribution in [0.25, 0.3) is 0 Å². The van der Waals surface area contributed by atoms with Crippen LogP contribution in [0.2, 0.25) is 0 Å². The van der Waals surface area contributed by atoms with Gasteiger partial charge in [0.15, 0.2) is 6.10 Å². The van der Waals surface area contributed by atoms with E-state index in [1.54, 1.807) is 0 Å². The molecule has 12 heavy (non-hydrogen) atoms. The van der Waals surface area contributed by atoms with E-state index in [0.717, 1.165) is 0 Å². The summed E-state index contributed by atoms with van der Waals surface area (Å²) < 4.78 is 2.79. The summed E-state index contributed by atoms with van der Waals surface area (Å²) in [7, 11) is 0. The van der Waals surface area contributed by atoms with Gasteiger partial charge in [0, 0.05) is 5.90 Å². The summed E-state index contributed by atoms with van der Waals surface area (Å²) in [6.07, 6.45) is -1.09. The molecule has 1 unspecified atom stereocenters. The fraction of sp³-hybridized carbons (Fsp3) is 0.800. The molecule has 2 radical (unpaired) electrons. The minimum Gasteiger partial charge on any atom is -0.459 e. The average Bonchev–Trinajstić information content (AvgIpc) is 1.97. The van der Waals surface area contributed by atoms with E-state index in [9.17, 15) is 4.79 Å². The molecule has 0 aliphatic rings. The van der Waals surface area contributed by atoms with Gasteiger partial charge in [-0.25, -0.2) is 9.63 Å². The van der Waals surface area contributed by atoms with Gasteiger partial charge in [-0.15, -0.1) is 0 Å². The highest BCUT2D eigenvalue weighted by molar-refractivity contribution is 6.67. The molecule has 0 aromatic heterocycles. The van der Waals surface area contributed by atoms with Crippen molar-refractivity contribution in [1.29, 1.82) is 0 Å². The molecule has 0 heterocycles. The summed E-state index contributed by atoms with van der Waals surface area (Å²) in [5, 5.41) is 0. The number of hydrogen-bond acceptors (Lipinski definition) is 3. The quantitative estimate of drug-likeness (QED) is 0.420. The van der Waals surface area contributed by atoms with Gasteiger partial charge >= 0.3 is 5.97 Å². The molecule has 0 aromatic carbocycles. The number of carbonyl (C=O) groups excluding carboxylic acids is 1. The summed E-state index contributed by atoms with van der Waals surface area (Å²) in [5.74, 6) is 7.23. The van der Waals surface area contributed by atoms with Crippen molar-refractivity contribution in [2.45, 2.75) is 16.8 Å². The highest BCUT2D eigenvalue weighted by atomic mass is 35.6. The Morgan fingerprint density at radius 2 is 2.08 bits per heavy atom. The maximum absolute atomic E-state index is 10.7. The van der Waals surface area contributed by atoms with Gasteiger partial charge in [0.1, 0.15) is 6.61 Å². The first-order chi connectivity index (χ1) is 5.37. The fourth-order valence-electron chi connectivity index (χ4n) is 0.313. The van der Waals surface area contributed by atoms with Gasteiger partial charge in [-0.2, -0.15) is 0 Å². The predicted octanol–water partition coefficient (Wildman–Crippen LogP) is 1.29. The van der Waals surface area contributed by atoms with E-state index in [1.165, 1.54) is 6.92 Å². The zero-order valence-electron chi connectivity index (χ0n) is 6.09. The van der Waals surface area contributed by atoms with Crippen molar-refractivity contribution in [2.75, 3.05) is 6.61 Å². The number of alkyl halides is 3. The monoisotopic (exact) mass is 233 g/mol. The third-order valence-electron chi connectivity index (χ3n) is 0.868. The Labute approximate surface area is 84.8 Å². The summed E-state index contributed by atoms with van der Waals surface area (Å²) in [6.45, 7) is 0.908. The van der Waals surface area contributed by atoms with E-state index in [-0.39, 0.29) is 6.61 Å². The summed E-state index contributed by atoms with van der Waals surface area (Å²) in [5.41, 5.74) is 0. The normalized spacial score (nSPS) is 14.1. The number of halogens is 3. The molecule has 0 saturated carbocycles. The van der Waals surface area contributed by atoms with Gasteiger partial charge < -0.3 is 4.74 Å². The molecule has 0 rings (SSSR count). The Morgan fingerprint density at radius 1 is 1.58 bits per heavy atom. The number of carbonyl (C=O) groups is 1. The number of ether oxygens (including phenoxy) is 1. The standard InChI is InChI=1S/C5H6Cl3NO3/c1-3(12-9)4(10)11-2-5(6,7)8/h3H,2H2,1H3. The third-order valence-corrected chi connectivity index (χ3v) is 1.20. The van der Waals surface area contributed by atoms with Crippen LogP contribution in [-0.4, -0.2) is 22.5 Å². The van der Waals surface area contributed by atoms with Crippen molar-refractivity contribution in [1.82, 2.24) is 5.90 Å². The molecule has 0 bridgehead atoms. The number of rotatable bonds is 3. The molecule has 4 nitrogen and oxygen atoms in total. The Kier molecular flexibility index (Phi) is 5.20. The van der Waals surface area contributed by atoms with E-state index in [4.69, 9.17) is 40.7 Å². The van der Waals surface area contributed by atoms with E-state index >= 15 is 0 Å². The van der Waals surface area contributed by atoms with Crippen LogP contribution in [0.4, 0.5) is 0 Å². The lowest BCUT2D eigenvalue weighted by Crippen LogP contribution is -2.26. The molecule has 0 saturated heterocycles. The minimum atomic E-state index is -1.65. The molecule has 0 aromatic rings. The van der Waals surface area contributed by atoms with E-state index in [1.807, 2.05) is 0 Å². The second kappa shape index (κ2) is 5.09. The molecule has 0 aliphatic carbocycles. The van der Waals surface area contributed by atoms with Crippen molar-refractivity contribution in [2.24, 2.45) is 0 Å². The van der Waals surface area contributed by atoms with E-state index in [2.05, 4.69) is 9.57 Å². The lowest BCUT2D eigenvalue weighted by molar-refractivity contribution is -0.156. The lowest BCUT2D eigenvalue weighted by atomic mass is 10.4. The Morgan fingerprint density at radius 3 is 2.42 bits per heavy atom. The molecule has 0 amide bonds. The zero-order valence-corrected chi connectivity index (χ0v) is 8.36. The maximum atomic E-state index is 10.7. The SMILES string of the molecule is CC(O[N])C(=O)OCC(Cl)(Cl)Cl. The lowest BCUT2D eigenvalue weighted by Gasteiger charge is -2.12. The highest BCUT2D eigenvalue weighted by Gasteiger charge is 2.24. The Hall–Kier alpha value is 0.260. The maximum Gasteiger partial charge on any atom is 0.337 e. The molecule has 0 spiro atoms. The third kappa shape index (κ3) is 5.85. The number of hydrogen-bond donors (Lipinski definition) is 0. The van der Waals surface area contributed by atoms with Gasteiger partial charge in [0.05, 0.1) is 0 Å². The van der Waals surface area contributed by atoms with Crippen LogP contribution in [0.5, 0.6) is 0 Å². The first kappa shape index (κ1) is 12.3. The van der Waals surface area contributed by atoms with Crippen LogP contribution < -0.4 is 5.90 Å². The highest BCUT2D eigenvalue weighted by Crippen LogP contribution is 2.25. The van der Waals surface area contributed by atoms with E-state index < -0.39 is 15.9 Å². The van der Waals surface area contributed by atoms with Crippen LogP contribution in [0.15, 0.2) is 0 Å². The van der Waals surface area contributed by atoms with Gasteiger partial charge in [-0.05, 0) is 6.92 Å². The Bertz CT molecular complexity index is 159. The van der Waals surface area contributed by atoms with Crippen molar-refractivity contribution in [3.63, 3.8) is 0 Å². The molecule has 0 fully saturated rings. The molecule has 1 atom stereocenters. The first-order valence-electron chi connectivity index (χ1n) is 2.90. The summed E-state index contributed by atoms with van der Waals surface area (Å²) in [6, 6.07) is 0. The molecular formula is C5H6Cl3NO3. The second-order valence-electron chi connectivity index (χ2n) is 1.97. The fourth-order valence-corrected chi connectivity index (χ4v) is 0.477. The van der Waals surface area contributed by atoms with E-state index in [0.29, 0.717) is 0 Å². The molecule has 7 heteroatoms. The molecular weight excluding hydrogens is 228 g/mol. The van der Waals surface area contributed by atoms with Crippen LogP contribution in [-0.2, 0) is 14.4 Å². The van der Waals surface area contributed by atoms with Crippen molar-refractivity contribution in [3.05, 3.63) is 0 Å². The van der Waals surface area contributed by atoms with Crippen molar-refractivity contribution < 1.29 is 14.4 Å². The number of nitrogens with zero attached hydrogens (tertiary/aromatic N) is 1. The zero-order chi connectivity index (χ0) is 9.78. The first-order valence-corrected chi connectivity index (χ1v) is 4.04. The summed E-state index contributed by atoms with van der Waals surface area (Å²) >= 11 is 15.8. The summed E-state index contributed by atoms with van der Waals surface area (Å²) in [4.78, 5) is 14.4. The Balaban J connectivity index is 3.72. The van der Waals surface area contributed by atoms with Gasteiger partial charge in [0.25, 0.3) is 0 Å². The topological polar surface area (TPSA) is 57.8 Å². The van der Waals surface area contributed by atoms with Gasteiger partial charge in [-0.3, -0.25) is 0 Å². The van der Waals surface area contributed by atoms with Crippen LogP contribution in [0.3, 0.4) is 0 Å². The second-order valence-corrected chi connectivity index (χ2v) is 4.49. The van der Waals surface area contributed by atoms with Crippen molar-refractivity contribution in [3.8, 4) is 0 Å².